The summed E-state index contributed by atoms with van der Waals surface area (Å²) >= 11 is 5.98. The van der Waals surface area contributed by atoms with Gasteiger partial charge >= 0.3 is 0 Å². The number of nitrogen functional groups attached to an aromatic ring is 1. The summed E-state index contributed by atoms with van der Waals surface area (Å²) in [6, 6.07) is 19.7. The molecule has 0 aliphatic carbocycles. The quantitative estimate of drug-likeness (QED) is 0.459. The molecular formula is C26H24ClN5O. The van der Waals surface area contributed by atoms with Crippen molar-refractivity contribution in [2.24, 2.45) is 0 Å². The van der Waals surface area contributed by atoms with E-state index < -0.39 is 0 Å². The Morgan fingerprint density at radius 3 is 2.67 bits per heavy atom. The number of nitrogens with zero attached hydrogens (tertiary/aromatic N) is 3. The smallest absolute Gasteiger partial charge is 0.255 e. The van der Waals surface area contributed by atoms with E-state index in [0.717, 1.165) is 53.1 Å². The maximum Gasteiger partial charge on any atom is 0.255 e. The third-order valence-corrected chi connectivity index (χ3v) is 6.27. The zero-order valence-corrected chi connectivity index (χ0v) is 18.8. The number of carbonyl (C=O) groups excluding carboxylic acids is 1. The summed E-state index contributed by atoms with van der Waals surface area (Å²) in [6.45, 7) is 2.54. The molecule has 4 aromatic rings. The van der Waals surface area contributed by atoms with E-state index in [9.17, 15) is 4.79 Å². The summed E-state index contributed by atoms with van der Waals surface area (Å²) in [4.78, 5) is 24.2. The minimum absolute atomic E-state index is 0.0650. The normalized spacial score (nSPS) is 16.2. The Hall–Kier alpha value is -3.48. The van der Waals surface area contributed by atoms with Gasteiger partial charge in [-0.15, -0.1) is 0 Å². The predicted molar refractivity (Wildman–Crippen MR) is 132 cm³/mol. The third kappa shape index (κ3) is 4.82. The van der Waals surface area contributed by atoms with Gasteiger partial charge in [-0.1, -0.05) is 41.9 Å². The summed E-state index contributed by atoms with van der Waals surface area (Å²) in [5.74, 6) is 0.0231. The minimum Gasteiger partial charge on any atom is -0.383 e. The maximum absolute atomic E-state index is 13.0. The summed E-state index contributed by atoms with van der Waals surface area (Å²) in [5, 5.41) is 4.90. The molecule has 2 aromatic heterocycles. The molecule has 0 bridgehead atoms. The average Bonchev–Trinajstić information content (AvgIpc) is 3.27. The van der Waals surface area contributed by atoms with E-state index in [-0.39, 0.29) is 17.8 Å². The Balaban J connectivity index is 1.28. The molecule has 0 radical (unpaired) electrons. The molecule has 6 nitrogen and oxygen atoms in total. The van der Waals surface area contributed by atoms with Gasteiger partial charge in [-0.25, -0.2) is 4.98 Å². The molecule has 7 heteroatoms. The van der Waals surface area contributed by atoms with E-state index in [2.05, 4.69) is 20.2 Å². The van der Waals surface area contributed by atoms with Crippen LogP contribution in [0.3, 0.4) is 0 Å². The highest BCUT2D eigenvalue weighted by atomic mass is 35.5. The second-order valence-electron chi connectivity index (χ2n) is 8.39. The zero-order chi connectivity index (χ0) is 22.8. The van der Waals surface area contributed by atoms with Crippen molar-refractivity contribution < 1.29 is 4.79 Å². The first-order valence-electron chi connectivity index (χ1n) is 10.9. The topological polar surface area (TPSA) is 84.1 Å². The van der Waals surface area contributed by atoms with Gasteiger partial charge in [0.05, 0.1) is 11.1 Å². The molecule has 5 rings (SSSR count). The lowest BCUT2D eigenvalue weighted by Crippen LogP contribution is -2.37. The van der Waals surface area contributed by atoms with E-state index >= 15 is 0 Å². The number of carbonyl (C=O) groups is 1. The zero-order valence-electron chi connectivity index (χ0n) is 18.0. The molecule has 3 N–H and O–H groups in total. The molecule has 1 aliphatic rings. The lowest BCUT2D eigenvalue weighted by Gasteiger charge is -2.17. The van der Waals surface area contributed by atoms with Crippen molar-refractivity contribution in [1.82, 2.24) is 20.2 Å². The van der Waals surface area contributed by atoms with Crippen LogP contribution >= 0.6 is 11.6 Å². The van der Waals surface area contributed by atoms with E-state index in [4.69, 9.17) is 17.3 Å². The van der Waals surface area contributed by atoms with Crippen LogP contribution in [0.1, 0.15) is 22.3 Å². The molecule has 0 unspecified atom stereocenters. The second kappa shape index (κ2) is 9.17. The summed E-state index contributed by atoms with van der Waals surface area (Å²) < 4.78 is 0. The summed E-state index contributed by atoms with van der Waals surface area (Å²) in [5.41, 5.74) is 10.3. The molecule has 2 aromatic carbocycles. The first-order valence-corrected chi connectivity index (χ1v) is 11.3. The molecule has 1 saturated heterocycles. The molecule has 0 spiro atoms. The molecule has 166 valence electrons. The van der Waals surface area contributed by atoms with Crippen molar-refractivity contribution in [1.29, 1.82) is 0 Å². The number of likely N-dealkylation sites (tertiary alicyclic amines) is 1. The maximum atomic E-state index is 13.0. The summed E-state index contributed by atoms with van der Waals surface area (Å²) in [7, 11) is 0. The number of hydrogen-bond donors (Lipinski definition) is 2. The Morgan fingerprint density at radius 2 is 1.82 bits per heavy atom. The average molecular weight is 458 g/mol. The van der Waals surface area contributed by atoms with Gasteiger partial charge in [0.25, 0.3) is 5.91 Å². The van der Waals surface area contributed by atoms with E-state index in [1.54, 1.807) is 18.5 Å². The number of hydrogen-bond acceptors (Lipinski definition) is 5. The van der Waals surface area contributed by atoms with Crippen LogP contribution in [-0.2, 0) is 6.54 Å². The van der Waals surface area contributed by atoms with Gasteiger partial charge in [-0.2, -0.15) is 0 Å². The minimum atomic E-state index is -0.200. The van der Waals surface area contributed by atoms with Crippen LogP contribution in [-0.4, -0.2) is 39.9 Å². The number of fused-ring (bicyclic) bond motifs is 1. The number of rotatable bonds is 5. The van der Waals surface area contributed by atoms with Gasteiger partial charge in [0.2, 0.25) is 0 Å². The summed E-state index contributed by atoms with van der Waals surface area (Å²) in [6.07, 6.45) is 4.37. The van der Waals surface area contributed by atoms with Gasteiger partial charge in [0.15, 0.2) is 0 Å². The first-order chi connectivity index (χ1) is 16.0. The van der Waals surface area contributed by atoms with Crippen LogP contribution in [0.25, 0.3) is 22.0 Å². The number of para-hydroxylation sites is 1. The van der Waals surface area contributed by atoms with Gasteiger partial charge in [-0.05, 0) is 42.3 Å². The van der Waals surface area contributed by atoms with E-state index in [1.807, 2.05) is 54.6 Å². The predicted octanol–water partition coefficient (Wildman–Crippen LogP) is 4.54. The van der Waals surface area contributed by atoms with Crippen molar-refractivity contribution in [3.63, 3.8) is 0 Å². The van der Waals surface area contributed by atoms with Crippen molar-refractivity contribution in [3.05, 3.63) is 89.2 Å². The van der Waals surface area contributed by atoms with Crippen molar-refractivity contribution in [3.8, 4) is 11.1 Å². The number of pyridine rings is 2. The number of anilines is 1. The Morgan fingerprint density at radius 1 is 1.06 bits per heavy atom. The van der Waals surface area contributed by atoms with Crippen LogP contribution in [0.5, 0.6) is 0 Å². The molecular weight excluding hydrogens is 434 g/mol. The van der Waals surface area contributed by atoms with Crippen molar-refractivity contribution >= 4 is 34.2 Å². The first kappa shape index (κ1) is 21.4. The molecule has 3 heterocycles. The number of nitrogens with one attached hydrogen (secondary N) is 1. The largest absolute Gasteiger partial charge is 0.383 e. The van der Waals surface area contributed by atoms with Crippen LogP contribution in [0.4, 0.5) is 5.82 Å². The number of benzene rings is 2. The van der Waals surface area contributed by atoms with Gasteiger partial charge in [0, 0.05) is 59.6 Å². The standard InChI is InChI=1S/C26H24ClN5O/c27-21-7-5-17(6-8-21)15-32-10-9-22(16-32)31-26(33)23-12-20(14-30-25(23)28)19-11-18-3-1-2-4-24(18)29-13-19/h1-8,11-14,22H,9-10,15-16H2,(H2,28,30)(H,31,33)/t22-/m1/s1. The Kier molecular flexibility index (Phi) is 5.94. The molecule has 1 amide bonds. The highest BCUT2D eigenvalue weighted by molar-refractivity contribution is 6.30. The van der Waals surface area contributed by atoms with Crippen LogP contribution in [0.15, 0.2) is 73.1 Å². The van der Waals surface area contributed by atoms with E-state index in [0.29, 0.717) is 5.56 Å². The van der Waals surface area contributed by atoms with Gasteiger partial charge in [-0.3, -0.25) is 14.7 Å². The molecule has 33 heavy (non-hydrogen) atoms. The fourth-order valence-corrected chi connectivity index (χ4v) is 4.38. The number of aromatic nitrogens is 2. The number of nitrogens with two attached hydrogens (primary N) is 1. The Bertz CT molecular complexity index is 1310. The Labute approximate surface area is 197 Å². The second-order valence-corrected chi connectivity index (χ2v) is 8.83. The molecule has 1 fully saturated rings. The molecule has 1 atom stereocenters. The number of amides is 1. The monoisotopic (exact) mass is 457 g/mol. The highest BCUT2D eigenvalue weighted by Crippen LogP contribution is 2.25. The number of halogens is 1. The van der Waals surface area contributed by atoms with Crippen molar-refractivity contribution in [2.45, 2.75) is 19.0 Å². The highest BCUT2D eigenvalue weighted by Gasteiger charge is 2.25. The third-order valence-electron chi connectivity index (χ3n) is 6.01. The molecule has 0 saturated carbocycles. The van der Waals surface area contributed by atoms with Crippen LogP contribution in [0, 0.1) is 0 Å². The SMILES string of the molecule is Nc1ncc(-c2cnc3ccccc3c2)cc1C(=O)N[C@@H]1CCN(Cc2ccc(Cl)cc2)C1. The lowest BCUT2D eigenvalue weighted by molar-refractivity contribution is 0.0938. The molecule has 1 aliphatic heterocycles. The van der Waals surface area contributed by atoms with E-state index in [1.165, 1.54) is 5.56 Å². The fourth-order valence-electron chi connectivity index (χ4n) is 4.25. The fraction of sp³-hybridized carbons (Fsp3) is 0.192. The lowest BCUT2D eigenvalue weighted by atomic mass is 10.0. The van der Waals surface area contributed by atoms with Gasteiger partial charge < -0.3 is 11.1 Å². The van der Waals surface area contributed by atoms with Crippen molar-refractivity contribution in [2.75, 3.05) is 18.8 Å². The van der Waals surface area contributed by atoms with Crippen LogP contribution < -0.4 is 11.1 Å². The van der Waals surface area contributed by atoms with Crippen LogP contribution in [0.2, 0.25) is 5.02 Å². The van der Waals surface area contributed by atoms with Gasteiger partial charge in [0.1, 0.15) is 5.82 Å².